The van der Waals surface area contributed by atoms with Gasteiger partial charge >= 0.3 is 0 Å². The quantitative estimate of drug-likeness (QED) is 0.639. The molecule has 0 aromatic heterocycles. The maximum Gasteiger partial charge on any atom is 0.243 e. The standard InChI is InChI=1S/C24H23N3O3S/c1-30-21-10-12-22(13-11-21)31(28,29)27-16-23(19-7-3-2-4-8-19)24(17-27)26-20-9-5-6-18(14-20)15-25/h2-14,23-24,26H,16-17H2,1H3/t23-,24+/m0/s1. The number of nitrogens with zero attached hydrogens (tertiary/aromatic N) is 2. The Morgan fingerprint density at radius 2 is 1.74 bits per heavy atom. The second-order valence-corrected chi connectivity index (χ2v) is 9.40. The Morgan fingerprint density at radius 3 is 2.42 bits per heavy atom. The predicted octanol–water partition coefficient (Wildman–Crippen LogP) is 3.84. The molecule has 0 radical (unpaired) electrons. The smallest absolute Gasteiger partial charge is 0.243 e. The van der Waals surface area contributed by atoms with Gasteiger partial charge in [-0.3, -0.25) is 0 Å². The highest BCUT2D eigenvalue weighted by atomic mass is 32.2. The van der Waals surface area contributed by atoms with Crippen LogP contribution in [0.3, 0.4) is 0 Å². The van der Waals surface area contributed by atoms with Gasteiger partial charge in [-0.25, -0.2) is 8.42 Å². The van der Waals surface area contributed by atoms with Gasteiger partial charge in [0.15, 0.2) is 0 Å². The molecule has 1 aliphatic heterocycles. The Bertz CT molecular complexity index is 1190. The van der Waals surface area contributed by atoms with Crippen LogP contribution in [0, 0.1) is 11.3 Å². The van der Waals surface area contributed by atoms with Crippen molar-refractivity contribution >= 4 is 15.7 Å². The van der Waals surface area contributed by atoms with Gasteiger partial charge in [-0.15, -0.1) is 0 Å². The van der Waals surface area contributed by atoms with Gasteiger partial charge in [0, 0.05) is 30.7 Å². The second-order valence-electron chi connectivity index (χ2n) is 7.46. The van der Waals surface area contributed by atoms with E-state index in [9.17, 15) is 13.7 Å². The van der Waals surface area contributed by atoms with Crippen LogP contribution in [-0.4, -0.2) is 39.0 Å². The van der Waals surface area contributed by atoms with Crippen molar-refractivity contribution in [3.05, 3.63) is 90.0 Å². The number of sulfonamides is 1. The molecule has 1 aliphatic rings. The van der Waals surface area contributed by atoms with Crippen molar-refractivity contribution in [3.63, 3.8) is 0 Å². The summed E-state index contributed by atoms with van der Waals surface area (Å²) in [5.74, 6) is 0.583. The minimum atomic E-state index is -3.66. The number of nitriles is 1. The molecule has 1 fully saturated rings. The molecule has 0 saturated carbocycles. The van der Waals surface area contributed by atoms with E-state index < -0.39 is 10.0 Å². The number of rotatable bonds is 6. The molecule has 1 N–H and O–H groups in total. The fraction of sp³-hybridized carbons (Fsp3) is 0.208. The largest absolute Gasteiger partial charge is 0.497 e. The molecular formula is C24H23N3O3S. The van der Waals surface area contributed by atoms with Gasteiger partial charge in [0.05, 0.1) is 23.6 Å². The van der Waals surface area contributed by atoms with Crippen molar-refractivity contribution in [2.24, 2.45) is 0 Å². The van der Waals surface area contributed by atoms with Crippen molar-refractivity contribution in [2.45, 2.75) is 16.9 Å². The van der Waals surface area contributed by atoms with Crippen molar-refractivity contribution < 1.29 is 13.2 Å². The average molecular weight is 434 g/mol. The third kappa shape index (κ3) is 4.41. The zero-order valence-corrected chi connectivity index (χ0v) is 17.9. The van der Waals surface area contributed by atoms with Crippen LogP contribution in [0.15, 0.2) is 83.8 Å². The minimum Gasteiger partial charge on any atom is -0.497 e. The van der Waals surface area contributed by atoms with E-state index in [4.69, 9.17) is 4.74 Å². The molecule has 0 bridgehead atoms. The van der Waals surface area contributed by atoms with Crippen molar-refractivity contribution in [1.82, 2.24) is 4.31 Å². The lowest BCUT2D eigenvalue weighted by atomic mass is 9.94. The van der Waals surface area contributed by atoms with Crippen LogP contribution in [0.1, 0.15) is 17.0 Å². The van der Waals surface area contributed by atoms with Gasteiger partial charge in [0.25, 0.3) is 0 Å². The van der Waals surface area contributed by atoms with Crippen LogP contribution < -0.4 is 10.1 Å². The number of methoxy groups -OCH3 is 1. The third-order valence-electron chi connectivity index (χ3n) is 5.56. The maximum atomic E-state index is 13.3. The lowest BCUT2D eigenvalue weighted by Gasteiger charge is -2.21. The summed E-state index contributed by atoms with van der Waals surface area (Å²) in [6.07, 6.45) is 0. The van der Waals surface area contributed by atoms with Crippen molar-refractivity contribution in [3.8, 4) is 11.8 Å². The minimum absolute atomic E-state index is 0.0278. The normalized spacial score (nSPS) is 19.0. The third-order valence-corrected chi connectivity index (χ3v) is 7.40. The Hall–Kier alpha value is -3.34. The highest BCUT2D eigenvalue weighted by Crippen LogP contribution is 2.33. The predicted molar refractivity (Wildman–Crippen MR) is 120 cm³/mol. The summed E-state index contributed by atoms with van der Waals surface area (Å²) < 4.78 is 33.3. The summed E-state index contributed by atoms with van der Waals surface area (Å²) in [5, 5.41) is 12.6. The van der Waals surface area contributed by atoms with E-state index in [1.54, 1.807) is 43.5 Å². The number of nitrogens with one attached hydrogen (secondary N) is 1. The molecule has 0 spiro atoms. The number of benzene rings is 3. The van der Waals surface area contributed by atoms with E-state index >= 15 is 0 Å². The summed E-state index contributed by atoms with van der Waals surface area (Å²) in [6, 6.07) is 25.6. The number of hydrogen-bond donors (Lipinski definition) is 1. The summed E-state index contributed by atoms with van der Waals surface area (Å²) in [4.78, 5) is 0.243. The first-order valence-corrected chi connectivity index (χ1v) is 11.4. The van der Waals surface area contributed by atoms with Crippen LogP contribution in [0.5, 0.6) is 5.75 Å². The van der Waals surface area contributed by atoms with Gasteiger partial charge in [-0.1, -0.05) is 36.4 Å². The van der Waals surface area contributed by atoms with Crippen molar-refractivity contribution in [1.29, 1.82) is 5.26 Å². The van der Waals surface area contributed by atoms with Crippen LogP contribution >= 0.6 is 0 Å². The van der Waals surface area contributed by atoms with E-state index in [1.165, 1.54) is 4.31 Å². The maximum absolute atomic E-state index is 13.3. The molecule has 3 aromatic rings. The van der Waals surface area contributed by atoms with Gasteiger partial charge in [0.1, 0.15) is 5.75 Å². The van der Waals surface area contributed by atoms with Crippen LogP contribution in [0.2, 0.25) is 0 Å². The fourth-order valence-electron chi connectivity index (χ4n) is 3.94. The Morgan fingerprint density at radius 1 is 1.00 bits per heavy atom. The van der Waals surface area contributed by atoms with E-state index in [2.05, 4.69) is 11.4 Å². The molecule has 1 heterocycles. The second kappa shape index (κ2) is 8.80. The van der Waals surface area contributed by atoms with E-state index in [-0.39, 0.29) is 16.9 Å². The molecule has 7 heteroatoms. The van der Waals surface area contributed by atoms with Gasteiger partial charge in [0.2, 0.25) is 10.0 Å². The lowest BCUT2D eigenvalue weighted by Crippen LogP contribution is -2.31. The summed E-state index contributed by atoms with van der Waals surface area (Å²) in [7, 11) is -2.11. The molecule has 31 heavy (non-hydrogen) atoms. The lowest BCUT2D eigenvalue weighted by molar-refractivity contribution is 0.414. The molecule has 0 aliphatic carbocycles. The molecule has 0 amide bonds. The topological polar surface area (TPSA) is 82.4 Å². The molecule has 158 valence electrons. The molecule has 2 atom stereocenters. The number of hydrogen-bond acceptors (Lipinski definition) is 5. The Labute approximate surface area is 182 Å². The number of ether oxygens (including phenoxy) is 1. The molecule has 1 saturated heterocycles. The van der Waals surface area contributed by atoms with Crippen LogP contribution in [-0.2, 0) is 10.0 Å². The van der Waals surface area contributed by atoms with E-state index in [0.29, 0.717) is 24.4 Å². The highest BCUT2D eigenvalue weighted by Gasteiger charge is 2.40. The van der Waals surface area contributed by atoms with E-state index in [0.717, 1.165) is 11.3 Å². The Balaban J connectivity index is 1.64. The molecule has 6 nitrogen and oxygen atoms in total. The van der Waals surface area contributed by atoms with Crippen molar-refractivity contribution in [2.75, 3.05) is 25.5 Å². The van der Waals surface area contributed by atoms with Crippen LogP contribution in [0.4, 0.5) is 5.69 Å². The molecule has 4 rings (SSSR count). The average Bonchev–Trinajstić information content (AvgIpc) is 3.24. The first-order valence-electron chi connectivity index (χ1n) is 9.97. The van der Waals surface area contributed by atoms with Gasteiger partial charge < -0.3 is 10.1 Å². The molecule has 3 aromatic carbocycles. The molecular weight excluding hydrogens is 410 g/mol. The van der Waals surface area contributed by atoms with E-state index in [1.807, 2.05) is 42.5 Å². The first-order chi connectivity index (χ1) is 15.0. The highest BCUT2D eigenvalue weighted by molar-refractivity contribution is 7.89. The first kappa shape index (κ1) is 20.9. The van der Waals surface area contributed by atoms with Gasteiger partial charge in [-0.05, 0) is 48.0 Å². The Kier molecular flexibility index (Phi) is 5.94. The monoisotopic (exact) mass is 433 g/mol. The fourth-order valence-corrected chi connectivity index (χ4v) is 5.43. The summed E-state index contributed by atoms with van der Waals surface area (Å²) in [5.41, 5.74) is 2.43. The summed E-state index contributed by atoms with van der Waals surface area (Å²) >= 11 is 0. The summed E-state index contributed by atoms with van der Waals surface area (Å²) in [6.45, 7) is 0.693. The zero-order chi connectivity index (χ0) is 21.8. The SMILES string of the molecule is COc1ccc(S(=O)(=O)N2C[C@@H](Nc3cccc(C#N)c3)[C@H](c3ccccc3)C2)cc1. The molecule has 0 unspecified atom stereocenters. The van der Waals surface area contributed by atoms with Gasteiger partial charge in [-0.2, -0.15) is 9.57 Å². The van der Waals surface area contributed by atoms with Crippen LogP contribution in [0.25, 0.3) is 0 Å². The zero-order valence-electron chi connectivity index (χ0n) is 17.1. The number of anilines is 1.